The molecule has 0 bridgehead atoms. The van der Waals surface area contributed by atoms with Crippen molar-refractivity contribution in [2.75, 3.05) is 47.0 Å². The molecular formula is C14H27NO5Si2. The lowest BCUT2D eigenvalue weighted by molar-refractivity contribution is 0.123. The Hall–Kier alpha value is -0.746. The van der Waals surface area contributed by atoms with E-state index in [4.69, 9.17) is 22.1 Å². The van der Waals surface area contributed by atoms with Crippen LogP contribution in [0.3, 0.4) is 0 Å². The molecule has 0 aliphatic rings. The van der Waals surface area contributed by atoms with Crippen molar-refractivity contribution < 1.29 is 22.1 Å². The summed E-state index contributed by atoms with van der Waals surface area (Å²) in [6.07, 6.45) is 0.644. The zero-order chi connectivity index (χ0) is 16.5. The van der Waals surface area contributed by atoms with Gasteiger partial charge in [-0.15, -0.1) is 0 Å². The van der Waals surface area contributed by atoms with Crippen LogP contribution in [0, 0.1) is 0 Å². The minimum atomic E-state index is -2.62. The van der Waals surface area contributed by atoms with Crippen LogP contribution in [0.4, 0.5) is 5.69 Å². The van der Waals surface area contributed by atoms with E-state index < -0.39 is 17.4 Å². The molecule has 1 aromatic carbocycles. The molecular weight excluding hydrogens is 318 g/mol. The van der Waals surface area contributed by atoms with Gasteiger partial charge in [0.1, 0.15) is 0 Å². The Balaban J connectivity index is 2.70. The molecule has 0 aliphatic carbocycles. The van der Waals surface area contributed by atoms with E-state index in [0.717, 1.165) is 11.7 Å². The van der Waals surface area contributed by atoms with Gasteiger partial charge in [-0.1, -0.05) is 18.2 Å². The van der Waals surface area contributed by atoms with Crippen molar-refractivity contribution >= 4 is 23.1 Å². The molecule has 126 valence electrons. The predicted octanol–water partition coefficient (Wildman–Crippen LogP) is 2.25. The van der Waals surface area contributed by atoms with Gasteiger partial charge in [-0.05, 0) is 18.2 Å². The van der Waals surface area contributed by atoms with Crippen LogP contribution in [-0.4, -0.2) is 59.1 Å². The van der Waals surface area contributed by atoms with Crippen LogP contribution in [0.15, 0.2) is 30.3 Å². The molecule has 8 heteroatoms. The third-order valence-electron chi connectivity index (χ3n) is 3.82. The number of benzene rings is 1. The number of hydrogen-bond acceptors (Lipinski definition) is 6. The fourth-order valence-corrected chi connectivity index (χ4v) is 7.59. The van der Waals surface area contributed by atoms with Crippen molar-refractivity contribution in [2.45, 2.75) is 12.1 Å². The summed E-state index contributed by atoms with van der Waals surface area (Å²) in [5.74, 6) is 0. The first-order chi connectivity index (χ1) is 10.6. The SMILES string of the molecule is CO[Si](CC[Si](OC)(OC)OC)(CNc1ccccc1)OC. The topological polar surface area (TPSA) is 58.2 Å². The average Bonchev–Trinajstić information content (AvgIpc) is 2.60. The molecule has 0 atom stereocenters. The molecule has 1 aromatic rings. The van der Waals surface area contributed by atoms with Crippen molar-refractivity contribution in [2.24, 2.45) is 0 Å². The molecule has 0 fully saturated rings. The molecule has 0 amide bonds. The Morgan fingerprint density at radius 3 is 1.77 bits per heavy atom. The number of anilines is 1. The normalized spacial score (nSPS) is 12.4. The highest BCUT2D eigenvalue weighted by Crippen LogP contribution is 2.23. The second-order valence-electron chi connectivity index (χ2n) is 4.83. The average molecular weight is 346 g/mol. The summed E-state index contributed by atoms with van der Waals surface area (Å²) >= 11 is 0. The van der Waals surface area contributed by atoms with Crippen LogP contribution in [-0.2, 0) is 22.1 Å². The summed E-state index contributed by atoms with van der Waals surface area (Å²) in [6, 6.07) is 11.4. The molecule has 0 saturated heterocycles. The van der Waals surface area contributed by atoms with Gasteiger partial charge in [-0.2, -0.15) is 0 Å². The van der Waals surface area contributed by atoms with Crippen LogP contribution >= 0.6 is 0 Å². The monoisotopic (exact) mass is 345 g/mol. The molecule has 0 saturated carbocycles. The summed E-state index contributed by atoms with van der Waals surface area (Å²) in [5.41, 5.74) is 1.04. The van der Waals surface area contributed by atoms with E-state index in [1.807, 2.05) is 30.3 Å². The van der Waals surface area contributed by atoms with Crippen LogP contribution in [0.2, 0.25) is 12.1 Å². The Kier molecular flexibility index (Phi) is 8.25. The first-order valence-electron chi connectivity index (χ1n) is 7.14. The van der Waals surface area contributed by atoms with Gasteiger partial charge in [0, 0.05) is 47.3 Å². The van der Waals surface area contributed by atoms with Gasteiger partial charge in [0.15, 0.2) is 0 Å². The molecule has 0 radical (unpaired) electrons. The van der Waals surface area contributed by atoms with E-state index in [2.05, 4.69) is 5.32 Å². The van der Waals surface area contributed by atoms with Gasteiger partial charge in [-0.3, -0.25) is 0 Å². The largest absolute Gasteiger partial charge is 0.500 e. The lowest BCUT2D eigenvalue weighted by Gasteiger charge is -2.31. The minimum absolute atomic E-state index is 0.644. The minimum Gasteiger partial charge on any atom is -0.397 e. The number of hydrogen-bond donors (Lipinski definition) is 1. The van der Waals surface area contributed by atoms with Crippen LogP contribution in [0.1, 0.15) is 0 Å². The first kappa shape index (κ1) is 19.3. The quantitative estimate of drug-likeness (QED) is 0.621. The smallest absolute Gasteiger partial charge is 0.397 e. The number of para-hydroxylation sites is 1. The summed E-state index contributed by atoms with van der Waals surface area (Å²) in [4.78, 5) is 0. The highest BCUT2D eigenvalue weighted by atomic mass is 28.4. The highest BCUT2D eigenvalue weighted by molar-refractivity contribution is 6.71. The standard InChI is InChI=1S/C14H27NO5Si2/c1-16-21(17-2,11-12-22(18-3,19-4)20-5)13-15-14-9-7-6-8-10-14/h6-10,15H,11-13H2,1-5H3. The van der Waals surface area contributed by atoms with Crippen molar-refractivity contribution in [1.82, 2.24) is 0 Å². The Labute approximate surface area is 135 Å². The molecule has 0 aliphatic heterocycles. The van der Waals surface area contributed by atoms with E-state index in [0.29, 0.717) is 12.2 Å². The molecule has 0 spiro atoms. The fraction of sp³-hybridized carbons (Fsp3) is 0.571. The van der Waals surface area contributed by atoms with E-state index in [-0.39, 0.29) is 0 Å². The maximum Gasteiger partial charge on any atom is 0.500 e. The maximum atomic E-state index is 5.75. The zero-order valence-electron chi connectivity index (χ0n) is 14.0. The molecule has 1 N–H and O–H groups in total. The van der Waals surface area contributed by atoms with Crippen molar-refractivity contribution in [3.63, 3.8) is 0 Å². The fourth-order valence-electron chi connectivity index (χ4n) is 2.21. The van der Waals surface area contributed by atoms with Crippen LogP contribution in [0.5, 0.6) is 0 Å². The zero-order valence-corrected chi connectivity index (χ0v) is 16.0. The number of rotatable bonds is 11. The van der Waals surface area contributed by atoms with Crippen LogP contribution < -0.4 is 5.32 Å². The summed E-state index contributed by atoms with van der Waals surface area (Å²) in [6.45, 7) is 0. The Bertz CT molecular complexity index is 405. The van der Waals surface area contributed by atoms with Gasteiger partial charge in [0.25, 0.3) is 0 Å². The van der Waals surface area contributed by atoms with E-state index in [1.165, 1.54) is 0 Å². The molecule has 1 rings (SSSR count). The van der Waals surface area contributed by atoms with Crippen LogP contribution in [0.25, 0.3) is 0 Å². The van der Waals surface area contributed by atoms with E-state index >= 15 is 0 Å². The second-order valence-corrected chi connectivity index (χ2v) is 11.4. The van der Waals surface area contributed by atoms with Gasteiger partial charge in [-0.25, -0.2) is 0 Å². The van der Waals surface area contributed by atoms with Gasteiger partial charge < -0.3 is 27.4 Å². The third-order valence-corrected chi connectivity index (χ3v) is 10.3. The Morgan fingerprint density at radius 1 is 0.773 bits per heavy atom. The summed E-state index contributed by atoms with van der Waals surface area (Å²) in [7, 11) is 3.21. The second kappa shape index (κ2) is 9.41. The summed E-state index contributed by atoms with van der Waals surface area (Å²) in [5, 5.41) is 3.38. The first-order valence-corrected chi connectivity index (χ1v) is 11.3. The van der Waals surface area contributed by atoms with E-state index in [1.54, 1.807) is 35.5 Å². The third kappa shape index (κ3) is 5.16. The van der Waals surface area contributed by atoms with Gasteiger partial charge >= 0.3 is 17.4 Å². The molecule has 6 nitrogen and oxygen atoms in total. The molecule has 0 aromatic heterocycles. The van der Waals surface area contributed by atoms with E-state index in [9.17, 15) is 0 Å². The lowest BCUT2D eigenvalue weighted by atomic mass is 10.3. The Morgan fingerprint density at radius 2 is 1.32 bits per heavy atom. The lowest BCUT2D eigenvalue weighted by Crippen LogP contribution is -2.51. The molecule has 0 unspecified atom stereocenters. The van der Waals surface area contributed by atoms with Crippen molar-refractivity contribution in [3.8, 4) is 0 Å². The summed E-state index contributed by atoms with van der Waals surface area (Å²) < 4.78 is 27.9. The molecule has 22 heavy (non-hydrogen) atoms. The number of nitrogens with one attached hydrogen (secondary N) is 1. The maximum absolute atomic E-state index is 5.75. The predicted molar refractivity (Wildman–Crippen MR) is 91.1 cm³/mol. The van der Waals surface area contributed by atoms with Crippen molar-refractivity contribution in [3.05, 3.63) is 30.3 Å². The molecule has 0 heterocycles. The van der Waals surface area contributed by atoms with Gasteiger partial charge in [0.05, 0.1) is 6.17 Å². The van der Waals surface area contributed by atoms with Gasteiger partial charge in [0.2, 0.25) is 0 Å². The highest BCUT2D eigenvalue weighted by Gasteiger charge is 2.44. The van der Waals surface area contributed by atoms with Crippen molar-refractivity contribution in [1.29, 1.82) is 0 Å².